The van der Waals surface area contributed by atoms with Crippen LogP contribution in [0.4, 0.5) is 5.69 Å². The summed E-state index contributed by atoms with van der Waals surface area (Å²) in [5, 5.41) is 3.83. The summed E-state index contributed by atoms with van der Waals surface area (Å²) < 4.78 is 35.7. The van der Waals surface area contributed by atoms with Crippen molar-refractivity contribution in [2.75, 3.05) is 30.3 Å². The number of carbonyl (C=O) groups is 2. The summed E-state index contributed by atoms with van der Waals surface area (Å²) in [5.41, 5.74) is 8.29. The van der Waals surface area contributed by atoms with E-state index in [0.29, 0.717) is 29.4 Å². The number of amides is 2. The summed E-state index contributed by atoms with van der Waals surface area (Å²) in [5.74, 6) is -0.141. The van der Waals surface area contributed by atoms with Gasteiger partial charge in [0.1, 0.15) is 18.0 Å². The zero-order valence-electron chi connectivity index (χ0n) is 17.1. The minimum Gasteiger partial charge on any atom is -0.494 e. The van der Waals surface area contributed by atoms with Gasteiger partial charge in [0.05, 0.1) is 24.8 Å². The van der Waals surface area contributed by atoms with E-state index in [4.69, 9.17) is 15.2 Å². The highest BCUT2D eigenvalue weighted by molar-refractivity contribution is 7.92. The second-order valence-electron chi connectivity index (χ2n) is 6.31. The second-order valence-corrected chi connectivity index (χ2v) is 8.22. The van der Waals surface area contributed by atoms with Gasteiger partial charge in [-0.25, -0.2) is 13.8 Å². The number of nitrogens with zero attached hydrogens (tertiary/aromatic N) is 2. The van der Waals surface area contributed by atoms with Crippen LogP contribution in [-0.4, -0.2) is 52.5 Å². The van der Waals surface area contributed by atoms with Crippen LogP contribution in [0.5, 0.6) is 11.5 Å². The summed E-state index contributed by atoms with van der Waals surface area (Å²) in [6.07, 6.45) is 2.40. The number of hydrazone groups is 1. The molecule has 166 valence electrons. The standard InChI is InChI=1S/C20H24N4O6S/c1-3-29-17-10-6-16(7-11-17)24(31(2,27)28)13-20(26)23-22-12-15-4-8-18(9-5-15)30-14-19(21)25/h4-12H,3,13-14H2,1-2H3,(H2,21,25)(H,23,26)/b22-12-. The number of rotatable bonds is 11. The number of anilines is 1. The van der Waals surface area contributed by atoms with Gasteiger partial charge in [-0.05, 0) is 61.0 Å². The molecule has 2 aromatic carbocycles. The Kier molecular flexibility index (Phi) is 8.38. The van der Waals surface area contributed by atoms with E-state index in [-0.39, 0.29) is 6.61 Å². The molecule has 0 unspecified atom stereocenters. The van der Waals surface area contributed by atoms with Gasteiger partial charge in [0.2, 0.25) is 10.0 Å². The van der Waals surface area contributed by atoms with E-state index in [1.165, 1.54) is 6.21 Å². The highest BCUT2D eigenvalue weighted by atomic mass is 32.2. The van der Waals surface area contributed by atoms with E-state index < -0.39 is 28.4 Å². The normalized spacial score (nSPS) is 11.2. The summed E-state index contributed by atoms with van der Waals surface area (Å²) in [4.78, 5) is 22.9. The van der Waals surface area contributed by atoms with E-state index in [1.807, 2.05) is 6.92 Å². The van der Waals surface area contributed by atoms with E-state index in [1.54, 1.807) is 48.5 Å². The lowest BCUT2D eigenvalue weighted by molar-refractivity contribution is -0.120. The van der Waals surface area contributed by atoms with Crippen molar-refractivity contribution < 1.29 is 27.5 Å². The molecule has 2 amide bonds. The Morgan fingerprint density at radius 1 is 1.06 bits per heavy atom. The Morgan fingerprint density at radius 2 is 1.65 bits per heavy atom. The number of sulfonamides is 1. The Balaban J connectivity index is 1.97. The fourth-order valence-corrected chi connectivity index (χ4v) is 3.28. The number of hydrogen-bond acceptors (Lipinski definition) is 7. The molecule has 0 saturated carbocycles. The summed E-state index contributed by atoms with van der Waals surface area (Å²) in [7, 11) is -3.70. The van der Waals surface area contributed by atoms with Crippen molar-refractivity contribution in [3.8, 4) is 11.5 Å². The van der Waals surface area contributed by atoms with Crippen molar-refractivity contribution in [3.63, 3.8) is 0 Å². The van der Waals surface area contributed by atoms with Gasteiger partial charge in [-0.15, -0.1) is 0 Å². The zero-order chi connectivity index (χ0) is 22.9. The lowest BCUT2D eigenvalue weighted by Gasteiger charge is -2.21. The molecule has 3 N–H and O–H groups in total. The number of ether oxygens (including phenoxy) is 2. The third-order valence-corrected chi connectivity index (χ3v) is 4.93. The van der Waals surface area contributed by atoms with Crippen LogP contribution >= 0.6 is 0 Å². The topological polar surface area (TPSA) is 140 Å². The molecule has 31 heavy (non-hydrogen) atoms. The third kappa shape index (κ3) is 7.97. The highest BCUT2D eigenvalue weighted by Crippen LogP contribution is 2.21. The van der Waals surface area contributed by atoms with E-state index >= 15 is 0 Å². The highest BCUT2D eigenvalue weighted by Gasteiger charge is 2.20. The van der Waals surface area contributed by atoms with Crippen molar-refractivity contribution >= 4 is 33.7 Å². The molecule has 0 aliphatic rings. The summed E-state index contributed by atoms with van der Waals surface area (Å²) in [6.45, 7) is 1.66. The Morgan fingerprint density at radius 3 is 2.19 bits per heavy atom. The van der Waals surface area contributed by atoms with Gasteiger partial charge < -0.3 is 15.2 Å². The molecule has 0 aromatic heterocycles. The number of benzene rings is 2. The SMILES string of the molecule is CCOc1ccc(N(CC(=O)N/N=C\c2ccc(OCC(N)=O)cc2)S(C)(=O)=O)cc1. The zero-order valence-corrected chi connectivity index (χ0v) is 18.0. The van der Waals surface area contributed by atoms with Crippen molar-refractivity contribution in [3.05, 3.63) is 54.1 Å². The van der Waals surface area contributed by atoms with Crippen molar-refractivity contribution in [1.82, 2.24) is 5.43 Å². The largest absolute Gasteiger partial charge is 0.494 e. The number of nitrogens with one attached hydrogen (secondary N) is 1. The van der Waals surface area contributed by atoms with Crippen LogP contribution in [0, 0.1) is 0 Å². The molecule has 10 nitrogen and oxygen atoms in total. The van der Waals surface area contributed by atoms with Crippen LogP contribution in [0.25, 0.3) is 0 Å². The minimum atomic E-state index is -3.70. The van der Waals surface area contributed by atoms with E-state index in [9.17, 15) is 18.0 Å². The molecular weight excluding hydrogens is 424 g/mol. The van der Waals surface area contributed by atoms with E-state index in [2.05, 4.69) is 10.5 Å². The maximum Gasteiger partial charge on any atom is 0.260 e. The first-order valence-electron chi connectivity index (χ1n) is 9.22. The average molecular weight is 449 g/mol. The predicted molar refractivity (Wildman–Crippen MR) is 117 cm³/mol. The molecule has 2 rings (SSSR count). The molecular formula is C20H24N4O6S. The Labute approximate surface area is 180 Å². The minimum absolute atomic E-state index is 0.227. The van der Waals surface area contributed by atoms with Crippen molar-refractivity contribution in [1.29, 1.82) is 0 Å². The summed E-state index contributed by atoms with van der Waals surface area (Å²) in [6, 6.07) is 12.9. The van der Waals surface area contributed by atoms with Gasteiger partial charge in [-0.2, -0.15) is 5.10 Å². The van der Waals surface area contributed by atoms with E-state index in [0.717, 1.165) is 10.6 Å². The number of primary amides is 1. The number of carbonyl (C=O) groups excluding carboxylic acids is 2. The predicted octanol–water partition coefficient (Wildman–Crippen LogP) is 0.866. The molecule has 0 aliphatic heterocycles. The fourth-order valence-electron chi connectivity index (χ4n) is 2.42. The van der Waals surface area contributed by atoms with Gasteiger partial charge in [0.25, 0.3) is 11.8 Å². The molecule has 0 bridgehead atoms. The maximum atomic E-state index is 12.2. The van der Waals surface area contributed by atoms with Gasteiger partial charge in [-0.1, -0.05) is 0 Å². The van der Waals surface area contributed by atoms with Crippen LogP contribution in [0.2, 0.25) is 0 Å². The maximum absolute atomic E-state index is 12.2. The molecule has 0 atom stereocenters. The Hall–Kier alpha value is -3.60. The lowest BCUT2D eigenvalue weighted by Crippen LogP contribution is -2.39. The Bertz CT molecular complexity index is 1020. The van der Waals surface area contributed by atoms with Crippen molar-refractivity contribution in [2.24, 2.45) is 10.8 Å². The molecule has 0 aliphatic carbocycles. The van der Waals surface area contributed by atoms with Crippen LogP contribution in [0.3, 0.4) is 0 Å². The smallest absolute Gasteiger partial charge is 0.260 e. The lowest BCUT2D eigenvalue weighted by atomic mass is 10.2. The molecule has 0 radical (unpaired) electrons. The van der Waals surface area contributed by atoms with Gasteiger partial charge in [0.15, 0.2) is 6.61 Å². The number of nitrogens with two attached hydrogens (primary N) is 1. The molecule has 11 heteroatoms. The number of hydrogen-bond donors (Lipinski definition) is 2. The third-order valence-electron chi connectivity index (χ3n) is 3.79. The molecule has 0 saturated heterocycles. The van der Waals surface area contributed by atoms with Gasteiger partial charge in [-0.3, -0.25) is 13.9 Å². The van der Waals surface area contributed by atoms with Crippen LogP contribution in [0.1, 0.15) is 12.5 Å². The first kappa shape index (κ1) is 23.7. The van der Waals surface area contributed by atoms with Crippen molar-refractivity contribution in [2.45, 2.75) is 6.92 Å². The average Bonchev–Trinajstić information content (AvgIpc) is 2.71. The second kappa shape index (κ2) is 11.0. The molecule has 0 spiro atoms. The fraction of sp³-hybridized carbons (Fsp3) is 0.250. The van der Waals surface area contributed by atoms with Crippen LogP contribution < -0.4 is 24.9 Å². The van der Waals surface area contributed by atoms with Crippen LogP contribution in [-0.2, 0) is 19.6 Å². The summed E-state index contributed by atoms with van der Waals surface area (Å²) >= 11 is 0. The quantitative estimate of drug-likeness (QED) is 0.386. The van der Waals surface area contributed by atoms with Gasteiger partial charge >= 0.3 is 0 Å². The first-order chi connectivity index (χ1) is 14.7. The van der Waals surface area contributed by atoms with Crippen LogP contribution in [0.15, 0.2) is 53.6 Å². The van der Waals surface area contributed by atoms with Gasteiger partial charge in [0, 0.05) is 0 Å². The molecule has 2 aromatic rings. The molecule has 0 heterocycles. The molecule has 0 fully saturated rings. The monoisotopic (exact) mass is 448 g/mol. The first-order valence-corrected chi connectivity index (χ1v) is 11.1.